The molecule has 0 saturated carbocycles. The van der Waals surface area contributed by atoms with E-state index in [1.165, 1.54) is 0 Å². The molecule has 0 N–H and O–H groups in total. The van der Waals surface area contributed by atoms with E-state index in [9.17, 15) is 0 Å². The van der Waals surface area contributed by atoms with Gasteiger partial charge in [-0.1, -0.05) is 0 Å². The molecule has 0 spiro atoms. The zero-order chi connectivity index (χ0) is 3.58. The Morgan fingerprint density at radius 3 is 1.33 bits per heavy atom. The number of hydrogen-bond donors (Lipinski definition) is 0. The van der Waals surface area contributed by atoms with Gasteiger partial charge in [-0.2, -0.15) is 0 Å². The Balaban J connectivity index is -0.0000000450. The van der Waals surface area contributed by atoms with Crippen LogP contribution in [-0.4, -0.2) is 51.6 Å². The SMILES string of the molecule is O=C([O-])[O-].[Li+].[Sr+2]. The van der Waals surface area contributed by atoms with E-state index >= 15 is 0 Å². The van der Waals surface area contributed by atoms with Crippen molar-refractivity contribution >= 4 is 51.6 Å². The molecule has 0 aromatic rings. The van der Waals surface area contributed by atoms with Gasteiger partial charge in [-0.15, -0.1) is 0 Å². The van der Waals surface area contributed by atoms with Crippen molar-refractivity contribution in [1.29, 1.82) is 0 Å². The monoisotopic (exact) mass is 155 g/mol. The molecule has 0 radical (unpaired) electrons. The Morgan fingerprint density at radius 1 is 1.33 bits per heavy atom. The van der Waals surface area contributed by atoms with Crippen LogP contribution >= 0.6 is 0 Å². The molecule has 0 aliphatic rings. The molecule has 24 valence electrons. The first kappa shape index (κ1) is 15.7. The van der Waals surface area contributed by atoms with E-state index in [-0.39, 0.29) is 64.3 Å². The summed E-state index contributed by atoms with van der Waals surface area (Å²) < 4.78 is 0. The smallest absolute Gasteiger partial charge is 0.652 e. The van der Waals surface area contributed by atoms with Gasteiger partial charge >= 0.3 is 64.3 Å². The van der Waals surface area contributed by atoms with Crippen LogP contribution in [0.4, 0.5) is 4.79 Å². The van der Waals surface area contributed by atoms with Gasteiger partial charge in [-0.25, -0.2) is 0 Å². The number of carbonyl (C=O) groups excluding carboxylic acids is 1. The van der Waals surface area contributed by atoms with Crippen molar-refractivity contribution in [3.05, 3.63) is 0 Å². The molecule has 0 aliphatic carbocycles. The van der Waals surface area contributed by atoms with Crippen LogP contribution in [0.15, 0.2) is 0 Å². The normalized spacial score (nSPS) is 4.00. The molecule has 3 nitrogen and oxygen atoms in total. The third-order valence-electron chi connectivity index (χ3n) is 0. The van der Waals surface area contributed by atoms with Gasteiger partial charge in [-0.3, -0.25) is 0 Å². The fourth-order valence-electron chi connectivity index (χ4n) is 0. The Labute approximate surface area is 84.2 Å². The van der Waals surface area contributed by atoms with Gasteiger partial charge < -0.3 is 15.0 Å². The average Bonchev–Trinajstić information content (AvgIpc) is 0.811. The minimum absolute atomic E-state index is 0. The van der Waals surface area contributed by atoms with Crippen LogP contribution in [0.1, 0.15) is 0 Å². The zero-order valence-electron chi connectivity index (χ0n) is 3.43. The topological polar surface area (TPSA) is 63.2 Å². The van der Waals surface area contributed by atoms with Crippen LogP contribution in [0.5, 0.6) is 0 Å². The van der Waals surface area contributed by atoms with Crippen LogP contribution in [0.25, 0.3) is 0 Å². The third-order valence-corrected chi connectivity index (χ3v) is 0. The number of carboxylic acid groups (broad SMARTS) is 2. The molecular weight excluding hydrogens is 155 g/mol. The van der Waals surface area contributed by atoms with E-state index in [4.69, 9.17) is 15.0 Å². The molecule has 0 atom stereocenters. The Hall–Kier alpha value is 1.35. The Morgan fingerprint density at radius 2 is 1.33 bits per heavy atom. The van der Waals surface area contributed by atoms with Crippen molar-refractivity contribution in [2.45, 2.75) is 0 Å². The van der Waals surface area contributed by atoms with Crippen molar-refractivity contribution in [2.75, 3.05) is 0 Å². The van der Waals surface area contributed by atoms with E-state index in [1.807, 2.05) is 0 Å². The molecule has 0 unspecified atom stereocenters. The van der Waals surface area contributed by atoms with Gasteiger partial charge in [0.25, 0.3) is 0 Å². The van der Waals surface area contributed by atoms with E-state index in [1.54, 1.807) is 0 Å². The largest absolute Gasteiger partial charge is 2.00 e. The number of hydrogen-bond acceptors (Lipinski definition) is 3. The van der Waals surface area contributed by atoms with E-state index in [0.29, 0.717) is 0 Å². The summed E-state index contributed by atoms with van der Waals surface area (Å²) in [4.78, 5) is 8.33. The molecule has 5 heteroatoms. The molecule has 0 aromatic carbocycles. The van der Waals surface area contributed by atoms with Crippen molar-refractivity contribution in [1.82, 2.24) is 0 Å². The van der Waals surface area contributed by atoms with Crippen LogP contribution in [0.2, 0.25) is 0 Å². The minimum Gasteiger partial charge on any atom is -0.652 e. The first-order chi connectivity index (χ1) is 1.73. The zero-order valence-corrected chi connectivity index (χ0v) is 6.91. The minimum atomic E-state index is -2.33. The first-order valence-electron chi connectivity index (χ1n) is 0.612. The molecule has 0 rings (SSSR count). The molecule has 0 heterocycles. The molecule has 0 bridgehead atoms. The Bertz CT molecular complexity index is 33.8. The van der Waals surface area contributed by atoms with Gasteiger partial charge in [-0.05, 0) is 6.16 Å². The quantitative estimate of drug-likeness (QED) is 0.327. The van der Waals surface area contributed by atoms with Crippen molar-refractivity contribution < 1.29 is 33.9 Å². The molecule has 6 heavy (non-hydrogen) atoms. The Kier molecular flexibility index (Phi) is 25.1. The maximum absolute atomic E-state index is 8.33. The van der Waals surface area contributed by atoms with Gasteiger partial charge in [0.1, 0.15) is 0 Å². The predicted octanol–water partition coefficient (Wildman–Crippen LogP) is -5.82. The fraction of sp³-hybridized carbons (Fsp3) is 0. The summed E-state index contributed by atoms with van der Waals surface area (Å²) >= 11 is 0. The van der Waals surface area contributed by atoms with E-state index in [0.717, 1.165) is 0 Å². The van der Waals surface area contributed by atoms with Crippen LogP contribution < -0.4 is 29.1 Å². The summed E-state index contributed by atoms with van der Waals surface area (Å²) in [7, 11) is 0. The molecule has 0 amide bonds. The molecular formula is CLiO3Sr+. The molecule has 0 aromatic heterocycles. The van der Waals surface area contributed by atoms with Gasteiger partial charge in [0.05, 0.1) is 0 Å². The summed E-state index contributed by atoms with van der Waals surface area (Å²) in [5, 5.41) is 16.7. The number of carbonyl (C=O) groups is 1. The summed E-state index contributed by atoms with van der Waals surface area (Å²) in [5.41, 5.74) is 0. The number of rotatable bonds is 0. The van der Waals surface area contributed by atoms with E-state index in [2.05, 4.69) is 0 Å². The third kappa shape index (κ3) is 55.6. The van der Waals surface area contributed by atoms with Crippen molar-refractivity contribution in [3.63, 3.8) is 0 Å². The van der Waals surface area contributed by atoms with Gasteiger partial charge in [0, 0.05) is 0 Å². The molecule has 0 aliphatic heterocycles. The van der Waals surface area contributed by atoms with Crippen LogP contribution in [0.3, 0.4) is 0 Å². The van der Waals surface area contributed by atoms with Crippen molar-refractivity contribution in [3.8, 4) is 0 Å². The molecule has 0 saturated heterocycles. The van der Waals surface area contributed by atoms with Gasteiger partial charge in [0.2, 0.25) is 0 Å². The fourth-order valence-corrected chi connectivity index (χ4v) is 0. The second kappa shape index (κ2) is 9.60. The van der Waals surface area contributed by atoms with Crippen molar-refractivity contribution in [2.24, 2.45) is 0 Å². The average molecular weight is 155 g/mol. The van der Waals surface area contributed by atoms with Crippen LogP contribution in [-0.2, 0) is 0 Å². The second-order valence-corrected chi connectivity index (χ2v) is 0.250. The predicted molar refractivity (Wildman–Crippen MR) is 11.1 cm³/mol. The summed E-state index contributed by atoms with van der Waals surface area (Å²) in [6.07, 6.45) is -2.33. The molecule has 0 fully saturated rings. The maximum Gasteiger partial charge on any atom is 2.00 e. The standard InChI is InChI=1S/CH2O3.Li.Sr/c2-1(3)4;;/h(H2,2,3,4);;/q;+1;+2/p-2. The van der Waals surface area contributed by atoms with E-state index < -0.39 is 6.16 Å². The summed E-state index contributed by atoms with van der Waals surface area (Å²) in [6, 6.07) is 0. The second-order valence-electron chi connectivity index (χ2n) is 0.250. The summed E-state index contributed by atoms with van der Waals surface area (Å²) in [6.45, 7) is 0. The van der Waals surface area contributed by atoms with Crippen LogP contribution in [0, 0.1) is 0 Å². The van der Waals surface area contributed by atoms with Gasteiger partial charge in [0.15, 0.2) is 0 Å². The maximum atomic E-state index is 8.33. The summed E-state index contributed by atoms with van der Waals surface area (Å²) in [5.74, 6) is 0. The first-order valence-corrected chi connectivity index (χ1v) is 0.612.